The molecule has 1 saturated heterocycles. The monoisotopic (exact) mass is 429 g/mol. The average Bonchev–Trinajstić information content (AvgIpc) is 2.56. The summed E-state index contributed by atoms with van der Waals surface area (Å²) >= 11 is 9.28. The molecule has 0 bridgehead atoms. The Morgan fingerprint density at radius 1 is 1.08 bits per heavy atom. The highest BCUT2D eigenvalue weighted by molar-refractivity contribution is 9.10. The minimum atomic E-state index is -3.59. The normalized spacial score (nSPS) is 18.5. The molecule has 0 radical (unpaired) electrons. The van der Waals surface area contributed by atoms with Crippen LogP contribution in [0.15, 0.2) is 57.9 Å². The van der Waals surface area contributed by atoms with E-state index >= 15 is 0 Å². The highest BCUT2D eigenvalue weighted by Gasteiger charge is 2.38. The quantitative estimate of drug-likeness (QED) is 0.806. The summed E-state index contributed by atoms with van der Waals surface area (Å²) in [5.74, 6) is 0. The van der Waals surface area contributed by atoms with E-state index in [0.29, 0.717) is 17.9 Å². The summed E-state index contributed by atoms with van der Waals surface area (Å²) in [4.78, 5) is 0.184. The van der Waals surface area contributed by atoms with Crippen molar-refractivity contribution in [1.82, 2.24) is 4.31 Å². The van der Waals surface area contributed by atoms with E-state index in [0.717, 1.165) is 10.0 Å². The van der Waals surface area contributed by atoms with E-state index < -0.39 is 15.6 Å². The Hall–Kier alpha value is -0.920. The molecule has 0 spiro atoms. The molecule has 0 saturated carbocycles. The second kappa shape index (κ2) is 6.77. The number of hydrogen-bond donors (Lipinski definition) is 1. The Kier molecular flexibility index (Phi) is 5.04. The number of halogens is 2. The third-order valence-corrected chi connectivity index (χ3v) is 7.02. The minimum Gasteiger partial charge on any atom is -0.385 e. The van der Waals surface area contributed by atoms with E-state index in [1.165, 1.54) is 16.4 Å². The van der Waals surface area contributed by atoms with Gasteiger partial charge in [-0.05, 0) is 48.7 Å². The molecule has 3 rings (SSSR count). The van der Waals surface area contributed by atoms with E-state index in [1.807, 2.05) is 24.3 Å². The van der Waals surface area contributed by atoms with Crippen molar-refractivity contribution in [2.24, 2.45) is 0 Å². The molecule has 0 aliphatic carbocycles. The van der Waals surface area contributed by atoms with Crippen LogP contribution in [0.3, 0.4) is 0 Å². The first-order chi connectivity index (χ1) is 11.3. The third-order valence-electron chi connectivity index (χ3n) is 4.36. The van der Waals surface area contributed by atoms with Crippen molar-refractivity contribution in [1.29, 1.82) is 0 Å². The number of rotatable bonds is 3. The summed E-state index contributed by atoms with van der Waals surface area (Å²) in [5, 5.41) is 11.3. The zero-order chi connectivity index (χ0) is 17.4. The fourth-order valence-electron chi connectivity index (χ4n) is 2.92. The van der Waals surface area contributed by atoms with Gasteiger partial charge in [0, 0.05) is 22.6 Å². The fraction of sp³-hybridized carbons (Fsp3) is 0.294. The lowest BCUT2D eigenvalue weighted by Crippen LogP contribution is -2.45. The largest absolute Gasteiger partial charge is 0.385 e. The van der Waals surface area contributed by atoms with Gasteiger partial charge in [-0.1, -0.05) is 45.7 Å². The maximum atomic E-state index is 12.7. The number of aliphatic hydroxyl groups is 1. The summed E-state index contributed by atoms with van der Waals surface area (Å²) in [6.07, 6.45) is 0.711. The van der Waals surface area contributed by atoms with Crippen molar-refractivity contribution in [3.05, 3.63) is 63.6 Å². The Bertz CT molecular complexity index is 831. The van der Waals surface area contributed by atoms with Gasteiger partial charge in [0.1, 0.15) is 0 Å². The summed E-state index contributed by atoms with van der Waals surface area (Å²) < 4.78 is 27.8. The molecule has 1 aliphatic heterocycles. The standard InChI is InChI=1S/C17H17BrClNO3S/c18-14-6-4-13(5-7-14)17(21)8-10-20(11-9-17)24(22,23)16-3-1-2-15(19)12-16/h1-7,12,21H,8-11H2. The second-order valence-corrected chi connectivity index (χ2v) is 9.19. The maximum Gasteiger partial charge on any atom is 0.243 e. The van der Waals surface area contributed by atoms with Crippen LogP contribution < -0.4 is 0 Å². The molecule has 1 fully saturated rings. The molecule has 24 heavy (non-hydrogen) atoms. The van der Waals surface area contributed by atoms with Gasteiger partial charge in [-0.2, -0.15) is 4.31 Å². The second-order valence-electron chi connectivity index (χ2n) is 5.90. The van der Waals surface area contributed by atoms with E-state index in [2.05, 4.69) is 15.9 Å². The van der Waals surface area contributed by atoms with Gasteiger partial charge in [-0.15, -0.1) is 0 Å². The molecule has 0 unspecified atom stereocenters. The van der Waals surface area contributed by atoms with Crippen LogP contribution in [0.25, 0.3) is 0 Å². The molecule has 0 aromatic heterocycles. The Balaban J connectivity index is 1.78. The lowest BCUT2D eigenvalue weighted by molar-refractivity contribution is -0.00962. The number of hydrogen-bond acceptors (Lipinski definition) is 3. The SMILES string of the molecule is O=S(=O)(c1cccc(Cl)c1)N1CCC(O)(c2ccc(Br)cc2)CC1. The molecule has 128 valence electrons. The first-order valence-corrected chi connectivity index (χ1v) is 10.2. The highest BCUT2D eigenvalue weighted by atomic mass is 79.9. The number of piperidine rings is 1. The molecule has 0 amide bonds. The van der Waals surface area contributed by atoms with Crippen LogP contribution in [0.2, 0.25) is 5.02 Å². The van der Waals surface area contributed by atoms with Gasteiger partial charge in [-0.3, -0.25) is 0 Å². The Labute approximate surface area is 155 Å². The summed E-state index contributed by atoms with van der Waals surface area (Å²) in [5.41, 5.74) is -0.188. The lowest BCUT2D eigenvalue weighted by Gasteiger charge is -2.37. The number of nitrogens with zero attached hydrogens (tertiary/aromatic N) is 1. The van der Waals surface area contributed by atoms with Crippen LogP contribution >= 0.6 is 27.5 Å². The van der Waals surface area contributed by atoms with Crippen LogP contribution in [0, 0.1) is 0 Å². The Morgan fingerprint density at radius 3 is 2.29 bits per heavy atom. The van der Waals surface area contributed by atoms with E-state index in [-0.39, 0.29) is 18.0 Å². The van der Waals surface area contributed by atoms with Crippen molar-refractivity contribution in [3.63, 3.8) is 0 Å². The summed E-state index contributed by atoms with van der Waals surface area (Å²) in [7, 11) is -3.59. The van der Waals surface area contributed by atoms with Crippen molar-refractivity contribution < 1.29 is 13.5 Å². The van der Waals surface area contributed by atoms with Crippen LogP contribution in [0.1, 0.15) is 18.4 Å². The maximum absolute atomic E-state index is 12.7. The van der Waals surface area contributed by atoms with Gasteiger partial charge < -0.3 is 5.11 Å². The van der Waals surface area contributed by atoms with Crippen LogP contribution in [-0.4, -0.2) is 30.9 Å². The van der Waals surface area contributed by atoms with Crippen molar-refractivity contribution in [3.8, 4) is 0 Å². The first-order valence-electron chi connectivity index (χ1n) is 7.55. The fourth-order valence-corrected chi connectivity index (χ4v) is 4.93. The third kappa shape index (κ3) is 3.53. The predicted molar refractivity (Wildman–Crippen MR) is 97.5 cm³/mol. The molecule has 2 aromatic carbocycles. The average molecular weight is 431 g/mol. The van der Waals surface area contributed by atoms with E-state index in [9.17, 15) is 13.5 Å². The minimum absolute atomic E-state index is 0.184. The number of sulfonamides is 1. The summed E-state index contributed by atoms with van der Waals surface area (Å²) in [6, 6.07) is 13.7. The molecule has 4 nitrogen and oxygen atoms in total. The lowest BCUT2D eigenvalue weighted by atomic mass is 9.85. The zero-order valence-electron chi connectivity index (χ0n) is 12.8. The zero-order valence-corrected chi connectivity index (χ0v) is 16.0. The number of benzene rings is 2. The Morgan fingerprint density at radius 2 is 1.71 bits per heavy atom. The molecule has 1 heterocycles. The van der Waals surface area contributed by atoms with E-state index in [4.69, 9.17) is 11.6 Å². The van der Waals surface area contributed by atoms with Gasteiger partial charge in [0.2, 0.25) is 10.0 Å². The van der Waals surface area contributed by atoms with Crippen LogP contribution in [-0.2, 0) is 15.6 Å². The highest BCUT2D eigenvalue weighted by Crippen LogP contribution is 2.35. The molecule has 7 heteroatoms. The van der Waals surface area contributed by atoms with Gasteiger partial charge in [0.25, 0.3) is 0 Å². The topological polar surface area (TPSA) is 57.6 Å². The van der Waals surface area contributed by atoms with E-state index in [1.54, 1.807) is 12.1 Å². The van der Waals surface area contributed by atoms with Crippen molar-refractivity contribution >= 4 is 37.6 Å². The molecule has 1 N–H and O–H groups in total. The smallest absolute Gasteiger partial charge is 0.243 e. The predicted octanol–water partition coefficient (Wildman–Crippen LogP) is 3.77. The van der Waals surface area contributed by atoms with Crippen LogP contribution in [0.4, 0.5) is 0 Å². The summed E-state index contributed by atoms with van der Waals surface area (Å²) in [6.45, 7) is 0.531. The molecular weight excluding hydrogens is 414 g/mol. The van der Waals surface area contributed by atoms with Gasteiger partial charge in [0.15, 0.2) is 0 Å². The molecule has 2 aromatic rings. The molecule has 0 atom stereocenters. The molecular formula is C17H17BrClNO3S. The van der Waals surface area contributed by atoms with Gasteiger partial charge >= 0.3 is 0 Å². The van der Waals surface area contributed by atoms with Gasteiger partial charge in [-0.25, -0.2) is 8.42 Å². The van der Waals surface area contributed by atoms with Gasteiger partial charge in [0.05, 0.1) is 10.5 Å². The van der Waals surface area contributed by atoms with Crippen LogP contribution in [0.5, 0.6) is 0 Å². The first kappa shape index (κ1) is 17.9. The van der Waals surface area contributed by atoms with Crippen molar-refractivity contribution in [2.75, 3.05) is 13.1 Å². The van der Waals surface area contributed by atoms with Crippen molar-refractivity contribution in [2.45, 2.75) is 23.3 Å². The molecule has 1 aliphatic rings.